The van der Waals surface area contributed by atoms with Crippen LogP contribution in [0.5, 0.6) is 5.75 Å². The van der Waals surface area contributed by atoms with Gasteiger partial charge in [-0.25, -0.2) is 9.97 Å². The first kappa shape index (κ1) is 16.2. The van der Waals surface area contributed by atoms with Crippen molar-refractivity contribution >= 4 is 5.91 Å². The van der Waals surface area contributed by atoms with Gasteiger partial charge >= 0.3 is 0 Å². The topological polar surface area (TPSA) is 81.5 Å². The quantitative estimate of drug-likeness (QED) is 0.789. The first-order valence-corrected chi connectivity index (χ1v) is 7.83. The molecule has 2 unspecified atom stereocenters. The first-order chi connectivity index (χ1) is 11.5. The smallest absolute Gasteiger partial charge is 0.290 e. The molecule has 1 heterocycles. The minimum absolute atomic E-state index is 0.287. The van der Waals surface area contributed by atoms with E-state index in [1.54, 1.807) is 6.20 Å². The average molecular weight is 325 g/mol. The van der Waals surface area contributed by atoms with Gasteiger partial charge in [-0.15, -0.1) is 4.91 Å². The fourth-order valence-corrected chi connectivity index (χ4v) is 3.06. The fourth-order valence-electron chi connectivity index (χ4n) is 3.06. The van der Waals surface area contributed by atoms with E-state index < -0.39 is 17.2 Å². The fraction of sp³-hybridized carbons (Fsp3) is 0.389. The van der Waals surface area contributed by atoms with Crippen LogP contribution in [0, 0.1) is 31.6 Å². The summed E-state index contributed by atoms with van der Waals surface area (Å²) in [6.45, 7) is 5.96. The van der Waals surface area contributed by atoms with Crippen LogP contribution in [0.3, 0.4) is 0 Å². The number of amides is 1. The zero-order valence-electron chi connectivity index (χ0n) is 13.9. The van der Waals surface area contributed by atoms with Crippen LogP contribution >= 0.6 is 0 Å². The van der Waals surface area contributed by atoms with Gasteiger partial charge in [0.15, 0.2) is 5.75 Å². The molecule has 1 amide bonds. The third-order valence-corrected chi connectivity index (χ3v) is 4.63. The average Bonchev–Trinajstić information content (AvgIpc) is 3.30. The van der Waals surface area contributed by atoms with Gasteiger partial charge in [0.05, 0.1) is 24.4 Å². The molecule has 1 fully saturated rings. The molecule has 1 aliphatic rings. The minimum Gasteiger partial charge on any atom is -0.489 e. The summed E-state index contributed by atoms with van der Waals surface area (Å²) in [6, 6.07) is 7.95. The molecule has 3 rings (SSSR count). The molecule has 6 nitrogen and oxygen atoms in total. The van der Waals surface area contributed by atoms with Crippen molar-refractivity contribution in [3.8, 4) is 5.75 Å². The molecule has 0 aliphatic heterocycles. The van der Waals surface area contributed by atoms with Crippen LogP contribution in [0.4, 0.5) is 0 Å². The van der Waals surface area contributed by atoms with E-state index in [1.165, 1.54) is 0 Å². The highest BCUT2D eigenvalue weighted by atomic mass is 16.5. The Morgan fingerprint density at radius 3 is 2.62 bits per heavy atom. The van der Waals surface area contributed by atoms with Gasteiger partial charge in [-0.3, -0.25) is 4.79 Å². The second kappa shape index (κ2) is 6.11. The van der Waals surface area contributed by atoms with Gasteiger partial charge in [0.25, 0.3) is 5.91 Å². The minimum atomic E-state index is -0.615. The Balaban J connectivity index is 1.85. The lowest BCUT2D eigenvalue weighted by Gasteiger charge is -2.19. The highest BCUT2D eigenvalue weighted by molar-refractivity contribution is 5.85. The third-order valence-electron chi connectivity index (χ3n) is 4.63. The van der Waals surface area contributed by atoms with Crippen molar-refractivity contribution in [2.24, 2.45) is 11.1 Å². The van der Waals surface area contributed by atoms with Crippen molar-refractivity contribution in [2.75, 3.05) is 6.61 Å². The van der Waals surface area contributed by atoms with E-state index >= 15 is 0 Å². The van der Waals surface area contributed by atoms with Crippen molar-refractivity contribution in [3.05, 3.63) is 58.0 Å². The molecule has 0 radical (unpaired) electrons. The summed E-state index contributed by atoms with van der Waals surface area (Å²) in [5.74, 6) is 0.224. The van der Waals surface area contributed by atoms with E-state index in [2.05, 4.69) is 15.1 Å². The van der Waals surface area contributed by atoms with Crippen LogP contribution in [0.25, 0.3) is 0 Å². The van der Waals surface area contributed by atoms with Crippen LogP contribution in [0.2, 0.25) is 0 Å². The van der Waals surface area contributed by atoms with E-state index in [0.717, 1.165) is 16.8 Å². The van der Waals surface area contributed by atoms with Crippen LogP contribution in [-0.4, -0.2) is 22.5 Å². The molecule has 0 spiro atoms. The molecule has 0 saturated heterocycles. The number of hydrogen-bond acceptors (Lipinski definition) is 5. The third kappa shape index (κ3) is 2.91. The first-order valence-electron chi connectivity index (χ1n) is 7.83. The summed E-state index contributed by atoms with van der Waals surface area (Å²) < 4.78 is 5.91. The summed E-state index contributed by atoms with van der Waals surface area (Å²) in [5, 5.41) is 2.60. The highest BCUT2D eigenvalue weighted by Crippen LogP contribution is 2.55. The predicted octanol–water partition coefficient (Wildman–Crippen LogP) is 3.03. The number of carbonyl (C=O) groups excluding carboxylic acids is 1. The summed E-state index contributed by atoms with van der Waals surface area (Å²) in [4.78, 5) is 30.9. The van der Waals surface area contributed by atoms with Crippen molar-refractivity contribution in [2.45, 2.75) is 32.6 Å². The Labute approximate surface area is 140 Å². The standard InChI is InChI=1S/C18H19N3O3/c1-11-4-6-14(7-5-11)18(8-15(18)17(22)21-23)10-24-16-9-19-13(3)20-12(16)2/h4-7,9,15H,8,10H2,1-3H3. The molecule has 0 bridgehead atoms. The molecule has 6 heteroatoms. The normalized spacial score (nSPS) is 22.0. The summed E-state index contributed by atoms with van der Waals surface area (Å²) >= 11 is 0. The molecular weight excluding hydrogens is 306 g/mol. The molecule has 1 aromatic carbocycles. The van der Waals surface area contributed by atoms with E-state index in [0.29, 0.717) is 18.0 Å². The van der Waals surface area contributed by atoms with Crippen LogP contribution < -0.4 is 4.74 Å². The summed E-state index contributed by atoms with van der Waals surface area (Å²) in [7, 11) is 0. The number of ether oxygens (including phenoxy) is 1. The number of aromatic nitrogens is 2. The number of benzene rings is 1. The van der Waals surface area contributed by atoms with Crippen LogP contribution in [-0.2, 0) is 10.2 Å². The number of rotatable bonds is 5. The summed E-state index contributed by atoms with van der Waals surface area (Å²) in [5.41, 5.74) is 2.37. The van der Waals surface area contributed by atoms with Gasteiger partial charge in [-0.2, -0.15) is 0 Å². The lowest BCUT2D eigenvalue weighted by molar-refractivity contribution is -0.119. The van der Waals surface area contributed by atoms with E-state index in [1.807, 2.05) is 45.0 Å². The molecule has 2 atom stereocenters. The van der Waals surface area contributed by atoms with Gasteiger partial charge < -0.3 is 4.74 Å². The Bertz CT molecular complexity index is 789. The van der Waals surface area contributed by atoms with Gasteiger partial charge in [-0.1, -0.05) is 29.8 Å². The van der Waals surface area contributed by atoms with Gasteiger partial charge in [0.2, 0.25) is 0 Å². The lowest BCUT2D eigenvalue weighted by Crippen LogP contribution is -2.23. The lowest BCUT2D eigenvalue weighted by atomic mass is 9.93. The Morgan fingerprint density at radius 1 is 1.29 bits per heavy atom. The van der Waals surface area contributed by atoms with Crippen LogP contribution in [0.1, 0.15) is 29.1 Å². The second-order valence-electron chi connectivity index (χ2n) is 6.36. The molecule has 1 aliphatic carbocycles. The Kier molecular flexibility index (Phi) is 4.13. The Morgan fingerprint density at radius 2 is 2.00 bits per heavy atom. The molecule has 1 aromatic heterocycles. The molecule has 2 aromatic rings. The number of aryl methyl sites for hydroxylation is 3. The maximum absolute atomic E-state index is 11.8. The largest absolute Gasteiger partial charge is 0.489 e. The number of nitrogens with zero attached hydrogens (tertiary/aromatic N) is 3. The number of carbonyl (C=O) groups is 1. The zero-order chi connectivity index (χ0) is 17.3. The molecular formula is C18H19N3O3. The van der Waals surface area contributed by atoms with Crippen molar-refractivity contribution in [1.29, 1.82) is 0 Å². The highest BCUT2D eigenvalue weighted by Gasteiger charge is 2.60. The number of nitroso groups, excluding NO2 is 1. The molecule has 1 saturated carbocycles. The van der Waals surface area contributed by atoms with Gasteiger partial charge in [-0.05, 0) is 32.8 Å². The van der Waals surface area contributed by atoms with Crippen LogP contribution in [0.15, 0.2) is 35.6 Å². The van der Waals surface area contributed by atoms with Crippen molar-refractivity contribution < 1.29 is 9.53 Å². The maximum Gasteiger partial charge on any atom is 0.290 e. The number of hydrogen-bond donors (Lipinski definition) is 0. The SMILES string of the molecule is Cc1ccc(C2(COc3cnc(C)nc3C)CC2C(=O)N=O)cc1. The monoisotopic (exact) mass is 325 g/mol. The van der Waals surface area contributed by atoms with E-state index in [-0.39, 0.29) is 6.61 Å². The van der Waals surface area contributed by atoms with E-state index in [9.17, 15) is 9.70 Å². The zero-order valence-corrected chi connectivity index (χ0v) is 13.9. The van der Waals surface area contributed by atoms with Crippen molar-refractivity contribution in [3.63, 3.8) is 0 Å². The van der Waals surface area contributed by atoms with Gasteiger partial charge in [0, 0.05) is 10.6 Å². The second-order valence-corrected chi connectivity index (χ2v) is 6.36. The molecule has 124 valence electrons. The Hall–Kier alpha value is -2.63. The van der Waals surface area contributed by atoms with Crippen molar-refractivity contribution in [1.82, 2.24) is 9.97 Å². The maximum atomic E-state index is 11.8. The summed E-state index contributed by atoms with van der Waals surface area (Å²) in [6.07, 6.45) is 2.20. The van der Waals surface area contributed by atoms with Gasteiger partial charge in [0.1, 0.15) is 5.82 Å². The molecule has 24 heavy (non-hydrogen) atoms. The van der Waals surface area contributed by atoms with E-state index in [4.69, 9.17) is 4.74 Å². The molecule has 0 N–H and O–H groups in total. The predicted molar refractivity (Wildman–Crippen MR) is 88.8 cm³/mol.